The number of aliphatic hydroxyl groups excluding tert-OH is 1. The first kappa shape index (κ1) is 12.4. The molecule has 0 radical (unpaired) electrons. The topological polar surface area (TPSA) is 66.2 Å². The Morgan fingerprint density at radius 2 is 2.20 bits per heavy atom. The number of hydrogen-bond acceptors (Lipinski definition) is 5. The van der Waals surface area contributed by atoms with Crippen LogP contribution in [0.2, 0.25) is 0 Å². The first-order valence-electron chi connectivity index (χ1n) is 6.22. The number of aryl methyl sites for hydroxylation is 1. The molecule has 0 saturated carbocycles. The van der Waals surface area contributed by atoms with Gasteiger partial charge in [-0.25, -0.2) is 15.0 Å². The summed E-state index contributed by atoms with van der Waals surface area (Å²) in [4.78, 5) is 8.51. The summed E-state index contributed by atoms with van der Waals surface area (Å²) in [7, 11) is 0. The van der Waals surface area contributed by atoms with Crippen molar-refractivity contribution < 1.29 is 5.11 Å². The summed E-state index contributed by atoms with van der Waals surface area (Å²) in [6.45, 7) is 6.01. The Hall–Kier alpha value is -2.60. The summed E-state index contributed by atoms with van der Waals surface area (Å²) >= 11 is 0. The number of aliphatic hydroxyl groups is 1. The van der Waals surface area contributed by atoms with E-state index in [4.69, 9.17) is 5.11 Å². The van der Waals surface area contributed by atoms with Crippen LogP contribution in [0.25, 0.3) is 5.70 Å². The molecule has 0 saturated heterocycles. The Morgan fingerprint density at radius 1 is 1.35 bits per heavy atom. The van der Waals surface area contributed by atoms with Crippen LogP contribution in [0.15, 0.2) is 49.2 Å². The molecule has 0 fully saturated rings. The zero-order chi connectivity index (χ0) is 14.1. The van der Waals surface area contributed by atoms with E-state index in [-0.39, 0.29) is 6.61 Å². The molecule has 102 valence electrons. The van der Waals surface area contributed by atoms with E-state index in [2.05, 4.69) is 22.0 Å². The van der Waals surface area contributed by atoms with Crippen LogP contribution in [0.4, 0.5) is 5.82 Å². The molecule has 0 amide bonds. The molecule has 1 aliphatic heterocycles. The van der Waals surface area contributed by atoms with Gasteiger partial charge < -0.3 is 9.67 Å². The van der Waals surface area contributed by atoms with Gasteiger partial charge in [0.2, 0.25) is 0 Å². The molecule has 3 heterocycles. The van der Waals surface area contributed by atoms with Crippen LogP contribution in [0.1, 0.15) is 11.4 Å². The van der Waals surface area contributed by atoms with Crippen LogP contribution >= 0.6 is 0 Å². The maximum absolute atomic E-state index is 9.04. The van der Waals surface area contributed by atoms with Crippen LogP contribution in [0, 0.1) is 6.92 Å². The number of hydrogen-bond donors (Lipinski definition) is 2. The minimum absolute atomic E-state index is 0.0145. The molecular formula is C14H15N5O. The highest BCUT2D eigenvalue weighted by molar-refractivity contribution is 5.74. The summed E-state index contributed by atoms with van der Waals surface area (Å²) in [6.07, 6.45) is 7.14. The van der Waals surface area contributed by atoms with Crippen molar-refractivity contribution in [3.8, 4) is 0 Å². The molecule has 20 heavy (non-hydrogen) atoms. The molecule has 0 aliphatic carbocycles. The molecule has 2 aromatic heterocycles. The second kappa shape index (κ2) is 4.82. The highest BCUT2D eigenvalue weighted by Gasteiger charge is 2.22. The number of pyridine rings is 1. The molecule has 0 unspecified atom stereocenters. The molecular weight excluding hydrogens is 254 g/mol. The van der Waals surface area contributed by atoms with Crippen LogP contribution in [-0.2, 0) is 6.61 Å². The Kier molecular flexibility index (Phi) is 3.00. The fourth-order valence-electron chi connectivity index (χ4n) is 2.09. The van der Waals surface area contributed by atoms with Crippen molar-refractivity contribution in [2.24, 2.45) is 0 Å². The van der Waals surface area contributed by atoms with Gasteiger partial charge in [0.25, 0.3) is 0 Å². The summed E-state index contributed by atoms with van der Waals surface area (Å²) in [5.41, 5.74) is 5.61. The lowest BCUT2D eigenvalue weighted by molar-refractivity contribution is 0.281. The zero-order valence-corrected chi connectivity index (χ0v) is 11.1. The predicted molar refractivity (Wildman–Crippen MR) is 76.2 cm³/mol. The van der Waals surface area contributed by atoms with Crippen LogP contribution in [0.3, 0.4) is 0 Å². The van der Waals surface area contributed by atoms with E-state index < -0.39 is 0 Å². The number of nitrogens with zero attached hydrogens (tertiary/aromatic N) is 4. The highest BCUT2D eigenvalue weighted by atomic mass is 16.3. The van der Waals surface area contributed by atoms with Crippen molar-refractivity contribution in [1.29, 1.82) is 0 Å². The number of aromatic nitrogens is 3. The Balaban J connectivity index is 1.85. The molecule has 0 aromatic carbocycles. The van der Waals surface area contributed by atoms with Gasteiger partial charge in [-0.2, -0.15) is 0 Å². The van der Waals surface area contributed by atoms with Gasteiger partial charge >= 0.3 is 0 Å². The monoisotopic (exact) mass is 269 g/mol. The van der Waals surface area contributed by atoms with E-state index in [9.17, 15) is 0 Å². The number of rotatable bonds is 3. The van der Waals surface area contributed by atoms with Crippen LogP contribution in [0.5, 0.6) is 0 Å². The lowest BCUT2D eigenvalue weighted by Gasteiger charge is -2.20. The van der Waals surface area contributed by atoms with Crippen LogP contribution in [-0.4, -0.2) is 19.6 Å². The number of hydrazine groups is 1. The second-order valence-electron chi connectivity index (χ2n) is 4.47. The molecule has 3 rings (SSSR count). The van der Waals surface area contributed by atoms with Gasteiger partial charge in [0.15, 0.2) is 5.82 Å². The first-order valence-corrected chi connectivity index (χ1v) is 6.22. The highest BCUT2D eigenvalue weighted by Crippen LogP contribution is 2.27. The summed E-state index contributed by atoms with van der Waals surface area (Å²) in [5, 5.41) is 10.8. The smallest absolute Gasteiger partial charge is 0.151 e. The standard InChI is InChI=1S/C14H15N5O/c1-10-13(18-6-5-15-11(18)2)8-17-19(10)14-4-3-12(9-20)7-16-14/h3-8,17,20H,1,9H2,2H3. The average molecular weight is 269 g/mol. The summed E-state index contributed by atoms with van der Waals surface area (Å²) < 4.78 is 1.96. The predicted octanol–water partition coefficient (Wildman–Crippen LogP) is 1.42. The third-order valence-electron chi connectivity index (χ3n) is 3.20. The fraction of sp³-hybridized carbons (Fsp3) is 0.143. The maximum atomic E-state index is 9.04. The van der Waals surface area contributed by atoms with E-state index in [1.54, 1.807) is 17.4 Å². The van der Waals surface area contributed by atoms with Gasteiger partial charge in [-0.1, -0.05) is 12.6 Å². The van der Waals surface area contributed by atoms with Gasteiger partial charge in [-0.15, -0.1) is 0 Å². The average Bonchev–Trinajstić information content (AvgIpc) is 3.05. The minimum atomic E-state index is -0.0145. The summed E-state index contributed by atoms with van der Waals surface area (Å²) in [6, 6.07) is 3.67. The molecule has 1 aliphatic rings. The number of allylic oxidation sites excluding steroid dienone is 1. The number of imidazole rings is 1. The van der Waals surface area contributed by atoms with Gasteiger partial charge in [0.1, 0.15) is 5.82 Å². The third kappa shape index (κ3) is 1.96. The van der Waals surface area contributed by atoms with Gasteiger partial charge in [-0.3, -0.25) is 5.43 Å². The quantitative estimate of drug-likeness (QED) is 0.882. The lowest BCUT2D eigenvalue weighted by atomic mass is 10.3. The van der Waals surface area contributed by atoms with E-state index in [1.807, 2.05) is 36.0 Å². The van der Waals surface area contributed by atoms with Gasteiger partial charge in [0.05, 0.1) is 18.0 Å². The first-order chi connectivity index (χ1) is 9.70. The molecule has 2 N–H and O–H groups in total. The largest absolute Gasteiger partial charge is 0.392 e. The SMILES string of the molecule is C=C1C(n2ccnc2C)=CNN1c1ccc(CO)cn1. The second-order valence-corrected chi connectivity index (χ2v) is 4.47. The van der Waals surface area contributed by atoms with E-state index in [0.29, 0.717) is 0 Å². The molecule has 2 aromatic rings. The fourth-order valence-corrected chi connectivity index (χ4v) is 2.09. The van der Waals surface area contributed by atoms with Crippen molar-refractivity contribution in [3.63, 3.8) is 0 Å². The molecule has 0 atom stereocenters. The Labute approximate surface area is 116 Å². The molecule has 6 heteroatoms. The van der Waals surface area contributed by atoms with Crippen molar-refractivity contribution in [2.75, 3.05) is 5.01 Å². The number of anilines is 1. The molecule has 0 bridgehead atoms. The number of nitrogens with one attached hydrogen (secondary N) is 1. The molecule has 6 nitrogen and oxygen atoms in total. The van der Waals surface area contributed by atoms with Gasteiger partial charge in [0, 0.05) is 24.8 Å². The van der Waals surface area contributed by atoms with Crippen molar-refractivity contribution in [3.05, 3.63) is 60.6 Å². The lowest BCUT2D eigenvalue weighted by Crippen LogP contribution is -2.29. The van der Waals surface area contributed by atoms with Crippen molar-refractivity contribution >= 4 is 11.5 Å². The minimum Gasteiger partial charge on any atom is -0.392 e. The van der Waals surface area contributed by atoms with Crippen molar-refractivity contribution in [2.45, 2.75) is 13.5 Å². The Morgan fingerprint density at radius 3 is 2.80 bits per heavy atom. The normalized spacial score (nSPS) is 14.4. The van der Waals surface area contributed by atoms with E-state index in [0.717, 1.165) is 28.6 Å². The molecule has 0 spiro atoms. The van der Waals surface area contributed by atoms with Gasteiger partial charge in [-0.05, 0) is 18.6 Å². The van der Waals surface area contributed by atoms with Crippen LogP contribution < -0.4 is 10.4 Å². The van der Waals surface area contributed by atoms with E-state index in [1.165, 1.54) is 0 Å². The third-order valence-corrected chi connectivity index (χ3v) is 3.20. The maximum Gasteiger partial charge on any atom is 0.151 e. The van der Waals surface area contributed by atoms with E-state index >= 15 is 0 Å². The Bertz CT molecular complexity index is 671. The zero-order valence-electron chi connectivity index (χ0n) is 11.1. The summed E-state index contributed by atoms with van der Waals surface area (Å²) in [5.74, 6) is 1.61. The van der Waals surface area contributed by atoms with Crippen molar-refractivity contribution in [1.82, 2.24) is 20.0 Å².